The molecule has 1 N–H and O–H groups in total. The second-order valence-electron chi connectivity index (χ2n) is 4.02. The van der Waals surface area contributed by atoms with Crippen LogP contribution in [0.15, 0.2) is 30.3 Å². The molecule has 0 aliphatic carbocycles. The maximum Gasteiger partial charge on any atom is 0.0616 e. The standard InChI is InChI=1S/C12H21N3/c1-13-15(4)12(10-14(2)3)11-8-6-5-7-9-11/h5-9,12-13H,10H2,1-4H3. The SMILES string of the molecule is CNN(C)C(CN(C)C)c1ccccc1. The van der Waals surface area contributed by atoms with Gasteiger partial charge in [-0.15, -0.1) is 0 Å². The van der Waals surface area contributed by atoms with Crippen LogP contribution in [-0.4, -0.2) is 44.6 Å². The summed E-state index contributed by atoms with van der Waals surface area (Å²) in [7, 11) is 8.21. The topological polar surface area (TPSA) is 18.5 Å². The lowest BCUT2D eigenvalue weighted by molar-refractivity contribution is 0.149. The quantitative estimate of drug-likeness (QED) is 0.735. The smallest absolute Gasteiger partial charge is 0.0616 e. The first-order chi connectivity index (χ1) is 7.15. The molecule has 3 heteroatoms. The van der Waals surface area contributed by atoms with Crippen LogP contribution in [0.5, 0.6) is 0 Å². The number of hydrazine groups is 1. The number of benzene rings is 1. The number of rotatable bonds is 5. The molecule has 1 rings (SSSR count). The van der Waals surface area contributed by atoms with Gasteiger partial charge in [-0.3, -0.25) is 5.43 Å². The molecule has 0 heterocycles. The van der Waals surface area contributed by atoms with Gasteiger partial charge in [-0.05, 0) is 26.7 Å². The van der Waals surface area contributed by atoms with Crippen molar-refractivity contribution in [3.63, 3.8) is 0 Å². The van der Waals surface area contributed by atoms with Crippen LogP contribution in [0, 0.1) is 0 Å². The van der Waals surface area contributed by atoms with E-state index < -0.39 is 0 Å². The Morgan fingerprint density at radius 1 is 1.13 bits per heavy atom. The Kier molecular flexibility index (Phi) is 4.75. The van der Waals surface area contributed by atoms with Gasteiger partial charge in [0.05, 0.1) is 6.04 Å². The molecule has 0 aliphatic rings. The molecule has 0 bridgehead atoms. The van der Waals surface area contributed by atoms with Gasteiger partial charge in [0.15, 0.2) is 0 Å². The Morgan fingerprint density at radius 2 is 1.73 bits per heavy atom. The molecule has 1 aromatic rings. The van der Waals surface area contributed by atoms with Gasteiger partial charge in [-0.25, -0.2) is 5.01 Å². The molecule has 1 aromatic carbocycles. The highest BCUT2D eigenvalue weighted by atomic mass is 15.5. The maximum absolute atomic E-state index is 3.18. The van der Waals surface area contributed by atoms with Gasteiger partial charge < -0.3 is 4.90 Å². The van der Waals surface area contributed by atoms with Gasteiger partial charge >= 0.3 is 0 Å². The fraction of sp³-hybridized carbons (Fsp3) is 0.500. The number of nitrogens with one attached hydrogen (secondary N) is 1. The van der Waals surface area contributed by atoms with Crippen molar-refractivity contribution in [3.8, 4) is 0 Å². The van der Waals surface area contributed by atoms with Crippen LogP contribution in [0.4, 0.5) is 0 Å². The first-order valence-corrected chi connectivity index (χ1v) is 5.25. The van der Waals surface area contributed by atoms with E-state index in [1.165, 1.54) is 5.56 Å². The Bertz CT molecular complexity index is 271. The van der Waals surface area contributed by atoms with E-state index in [4.69, 9.17) is 0 Å². The van der Waals surface area contributed by atoms with E-state index in [1.807, 2.05) is 7.05 Å². The van der Waals surface area contributed by atoms with E-state index in [0.29, 0.717) is 6.04 Å². The van der Waals surface area contributed by atoms with Crippen LogP contribution in [-0.2, 0) is 0 Å². The van der Waals surface area contributed by atoms with Gasteiger partial charge in [0.1, 0.15) is 0 Å². The van der Waals surface area contributed by atoms with E-state index in [2.05, 4.69) is 66.8 Å². The second kappa shape index (κ2) is 5.85. The number of likely N-dealkylation sites (N-methyl/N-ethyl adjacent to an activating group) is 2. The molecule has 15 heavy (non-hydrogen) atoms. The molecular formula is C12H21N3. The average molecular weight is 207 g/mol. The minimum Gasteiger partial charge on any atom is -0.307 e. The van der Waals surface area contributed by atoms with Crippen molar-refractivity contribution < 1.29 is 0 Å². The number of hydrogen-bond donors (Lipinski definition) is 1. The lowest BCUT2D eigenvalue weighted by atomic mass is 10.1. The van der Waals surface area contributed by atoms with Crippen LogP contribution >= 0.6 is 0 Å². The van der Waals surface area contributed by atoms with Gasteiger partial charge in [-0.1, -0.05) is 30.3 Å². The molecular weight excluding hydrogens is 186 g/mol. The zero-order valence-electron chi connectivity index (χ0n) is 10.1. The lowest BCUT2D eigenvalue weighted by Gasteiger charge is -2.29. The van der Waals surface area contributed by atoms with E-state index in [9.17, 15) is 0 Å². The highest BCUT2D eigenvalue weighted by Crippen LogP contribution is 2.17. The molecule has 0 saturated carbocycles. The monoisotopic (exact) mass is 207 g/mol. The summed E-state index contributed by atoms with van der Waals surface area (Å²) in [4.78, 5) is 2.20. The van der Waals surface area contributed by atoms with E-state index in [0.717, 1.165) is 6.54 Å². The normalized spacial score (nSPS) is 13.5. The summed E-state index contributed by atoms with van der Waals surface area (Å²) < 4.78 is 0. The predicted molar refractivity (Wildman–Crippen MR) is 64.6 cm³/mol. The van der Waals surface area contributed by atoms with E-state index in [1.54, 1.807) is 0 Å². The molecule has 1 unspecified atom stereocenters. The van der Waals surface area contributed by atoms with Crippen LogP contribution in [0.1, 0.15) is 11.6 Å². The molecule has 84 valence electrons. The summed E-state index contributed by atoms with van der Waals surface area (Å²) in [6.07, 6.45) is 0. The number of hydrogen-bond acceptors (Lipinski definition) is 3. The Hall–Kier alpha value is -0.900. The van der Waals surface area contributed by atoms with Crippen LogP contribution < -0.4 is 5.43 Å². The summed E-state index contributed by atoms with van der Waals surface area (Å²) in [6, 6.07) is 10.9. The Balaban J connectivity index is 2.81. The fourth-order valence-corrected chi connectivity index (χ4v) is 1.63. The molecule has 0 fully saturated rings. The first-order valence-electron chi connectivity index (χ1n) is 5.25. The van der Waals surface area contributed by atoms with Gasteiger partial charge in [-0.2, -0.15) is 0 Å². The van der Waals surface area contributed by atoms with Crippen molar-refractivity contribution in [2.24, 2.45) is 0 Å². The van der Waals surface area contributed by atoms with E-state index in [-0.39, 0.29) is 0 Å². The molecule has 0 radical (unpaired) electrons. The average Bonchev–Trinajstić information content (AvgIpc) is 2.26. The van der Waals surface area contributed by atoms with Crippen molar-refractivity contribution >= 4 is 0 Å². The summed E-state index contributed by atoms with van der Waals surface area (Å²) in [6.45, 7) is 1.00. The predicted octanol–water partition coefficient (Wildman–Crippen LogP) is 1.36. The van der Waals surface area contributed by atoms with Gasteiger partial charge in [0.25, 0.3) is 0 Å². The summed E-state index contributed by atoms with van der Waals surface area (Å²) >= 11 is 0. The minimum atomic E-state index is 0.381. The molecule has 3 nitrogen and oxygen atoms in total. The summed E-state index contributed by atoms with van der Waals surface area (Å²) in [5.74, 6) is 0. The van der Waals surface area contributed by atoms with Crippen LogP contribution in [0.25, 0.3) is 0 Å². The largest absolute Gasteiger partial charge is 0.307 e. The highest BCUT2D eigenvalue weighted by Gasteiger charge is 2.16. The molecule has 0 aromatic heterocycles. The summed E-state index contributed by atoms with van der Waals surface area (Å²) in [5.41, 5.74) is 4.51. The van der Waals surface area contributed by atoms with Crippen molar-refractivity contribution in [3.05, 3.63) is 35.9 Å². The summed E-state index contributed by atoms with van der Waals surface area (Å²) in [5, 5.41) is 2.13. The van der Waals surface area contributed by atoms with Crippen molar-refractivity contribution in [2.45, 2.75) is 6.04 Å². The third-order valence-corrected chi connectivity index (χ3v) is 2.54. The third-order valence-electron chi connectivity index (χ3n) is 2.54. The molecule has 0 aliphatic heterocycles. The fourth-order valence-electron chi connectivity index (χ4n) is 1.63. The minimum absolute atomic E-state index is 0.381. The third kappa shape index (κ3) is 3.63. The highest BCUT2D eigenvalue weighted by molar-refractivity contribution is 5.19. The lowest BCUT2D eigenvalue weighted by Crippen LogP contribution is -2.39. The van der Waals surface area contributed by atoms with Crippen molar-refractivity contribution in [1.29, 1.82) is 0 Å². The number of nitrogens with zero attached hydrogens (tertiary/aromatic N) is 2. The van der Waals surface area contributed by atoms with Gasteiger partial charge in [0, 0.05) is 13.6 Å². The zero-order chi connectivity index (χ0) is 11.3. The van der Waals surface area contributed by atoms with Crippen LogP contribution in [0.2, 0.25) is 0 Å². The Morgan fingerprint density at radius 3 is 2.20 bits per heavy atom. The van der Waals surface area contributed by atoms with Crippen molar-refractivity contribution in [2.75, 3.05) is 34.7 Å². The van der Waals surface area contributed by atoms with Crippen LogP contribution in [0.3, 0.4) is 0 Å². The Labute approximate surface area is 92.7 Å². The molecule has 0 saturated heterocycles. The molecule has 0 spiro atoms. The first kappa shape index (κ1) is 12.2. The molecule has 0 amide bonds. The molecule has 1 atom stereocenters. The van der Waals surface area contributed by atoms with Crippen molar-refractivity contribution in [1.82, 2.24) is 15.3 Å². The van der Waals surface area contributed by atoms with Gasteiger partial charge in [0.2, 0.25) is 0 Å². The maximum atomic E-state index is 3.18. The van der Waals surface area contributed by atoms with E-state index >= 15 is 0 Å². The second-order valence-corrected chi connectivity index (χ2v) is 4.02. The zero-order valence-corrected chi connectivity index (χ0v) is 10.1.